The van der Waals surface area contributed by atoms with Crippen molar-refractivity contribution in [3.63, 3.8) is 0 Å². The zero-order valence-corrected chi connectivity index (χ0v) is 10.8. The van der Waals surface area contributed by atoms with Gasteiger partial charge in [0.1, 0.15) is 0 Å². The van der Waals surface area contributed by atoms with E-state index in [-0.39, 0.29) is 12.0 Å². The molecule has 0 amide bonds. The number of aryl methyl sites for hydroxylation is 1. The van der Waals surface area contributed by atoms with Crippen molar-refractivity contribution in [3.05, 3.63) is 35.4 Å². The average molecular weight is 234 g/mol. The van der Waals surface area contributed by atoms with Crippen LogP contribution in [0.15, 0.2) is 24.3 Å². The highest BCUT2D eigenvalue weighted by Crippen LogP contribution is 2.41. The number of aliphatic hydroxyl groups is 1. The summed E-state index contributed by atoms with van der Waals surface area (Å²) >= 11 is 0. The Morgan fingerprint density at radius 1 is 1.24 bits per heavy atom. The van der Waals surface area contributed by atoms with Gasteiger partial charge >= 0.3 is 0 Å². The van der Waals surface area contributed by atoms with Crippen LogP contribution in [0, 0.1) is 5.92 Å². The molecule has 1 aliphatic rings. The topological polar surface area (TPSA) is 29.5 Å². The van der Waals surface area contributed by atoms with Crippen molar-refractivity contribution in [3.8, 4) is 0 Å². The second kappa shape index (κ2) is 5.19. The fourth-order valence-electron chi connectivity index (χ4n) is 2.73. The molecule has 1 fully saturated rings. The van der Waals surface area contributed by atoms with Gasteiger partial charge in [-0.1, -0.05) is 44.5 Å². The van der Waals surface area contributed by atoms with E-state index in [1.807, 2.05) is 0 Å². The van der Waals surface area contributed by atoms with Crippen LogP contribution in [0.1, 0.15) is 31.4 Å². The molecule has 1 atom stereocenters. The molecule has 1 heterocycles. The maximum absolute atomic E-state index is 9.53. The molecule has 2 heteroatoms. The van der Waals surface area contributed by atoms with Crippen molar-refractivity contribution in [1.82, 2.24) is 0 Å². The number of ether oxygens (including phenoxy) is 1. The van der Waals surface area contributed by atoms with Crippen molar-refractivity contribution in [2.45, 2.75) is 32.1 Å². The first kappa shape index (κ1) is 12.6. The maximum Gasteiger partial charge on any atom is 0.0589 e. The molecule has 1 aromatic rings. The normalized spacial score (nSPS) is 19.7. The molecule has 0 bridgehead atoms. The Balaban J connectivity index is 2.27. The van der Waals surface area contributed by atoms with Crippen LogP contribution in [0.4, 0.5) is 0 Å². The quantitative estimate of drug-likeness (QED) is 0.848. The summed E-state index contributed by atoms with van der Waals surface area (Å²) in [6.45, 7) is 6.05. The van der Waals surface area contributed by atoms with Gasteiger partial charge in [-0.05, 0) is 23.5 Å². The molecule has 1 N–H and O–H groups in total. The first-order chi connectivity index (χ1) is 8.26. The van der Waals surface area contributed by atoms with Gasteiger partial charge in [0.25, 0.3) is 0 Å². The van der Waals surface area contributed by atoms with E-state index in [4.69, 9.17) is 4.74 Å². The molecule has 1 aliphatic heterocycles. The molecular weight excluding hydrogens is 212 g/mol. The Labute approximate surface area is 104 Å². The van der Waals surface area contributed by atoms with Crippen LogP contribution in [0.2, 0.25) is 0 Å². The van der Waals surface area contributed by atoms with Crippen molar-refractivity contribution >= 4 is 0 Å². The first-order valence-electron chi connectivity index (χ1n) is 6.54. The van der Waals surface area contributed by atoms with Gasteiger partial charge in [-0.25, -0.2) is 0 Å². The minimum atomic E-state index is 0.0514. The summed E-state index contributed by atoms with van der Waals surface area (Å²) in [4.78, 5) is 0. The number of hydrogen-bond acceptors (Lipinski definition) is 2. The number of rotatable bonds is 5. The molecule has 0 saturated carbocycles. The van der Waals surface area contributed by atoms with Crippen molar-refractivity contribution in [1.29, 1.82) is 0 Å². The van der Waals surface area contributed by atoms with Crippen LogP contribution in [0.3, 0.4) is 0 Å². The third-order valence-electron chi connectivity index (χ3n) is 4.15. The lowest BCUT2D eigenvalue weighted by Gasteiger charge is -2.47. The van der Waals surface area contributed by atoms with E-state index < -0.39 is 0 Å². The van der Waals surface area contributed by atoms with Gasteiger partial charge < -0.3 is 9.84 Å². The summed E-state index contributed by atoms with van der Waals surface area (Å²) < 4.78 is 5.42. The van der Waals surface area contributed by atoms with E-state index in [1.54, 1.807) is 0 Å². The molecule has 1 aromatic carbocycles. The Morgan fingerprint density at radius 3 is 2.24 bits per heavy atom. The molecule has 1 saturated heterocycles. The highest BCUT2D eigenvalue weighted by molar-refractivity contribution is 5.32. The van der Waals surface area contributed by atoms with Crippen molar-refractivity contribution in [2.75, 3.05) is 19.8 Å². The van der Waals surface area contributed by atoms with Gasteiger partial charge in [0.05, 0.1) is 13.2 Å². The first-order valence-corrected chi connectivity index (χ1v) is 6.54. The molecule has 0 radical (unpaired) electrons. The lowest BCUT2D eigenvalue weighted by molar-refractivity contribution is -0.101. The van der Waals surface area contributed by atoms with Crippen LogP contribution >= 0.6 is 0 Å². The lowest BCUT2D eigenvalue weighted by atomic mass is 9.68. The Kier molecular flexibility index (Phi) is 3.85. The van der Waals surface area contributed by atoms with Crippen molar-refractivity contribution < 1.29 is 9.84 Å². The van der Waals surface area contributed by atoms with Gasteiger partial charge in [-0.15, -0.1) is 0 Å². The lowest BCUT2D eigenvalue weighted by Crippen LogP contribution is -2.53. The van der Waals surface area contributed by atoms with E-state index in [1.165, 1.54) is 11.1 Å². The van der Waals surface area contributed by atoms with E-state index in [2.05, 4.69) is 38.1 Å². The highest BCUT2D eigenvalue weighted by atomic mass is 16.5. The second-order valence-corrected chi connectivity index (χ2v) is 4.99. The van der Waals surface area contributed by atoms with Gasteiger partial charge in [0.2, 0.25) is 0 Å². The monoisotopic (exact) mass is 234 g/mol. The summed E-state index contributed by atoms with van der Waals surface area (Å²) in [7, 11) is 0. The number of hydrogen-bond donors (Lipinski definition) is 1. The van der Waals surface area contributed by atoms with E-state index >= 15 is 0 Å². The molecule has 0 aliphatic carbocycles. The van der Waals surface area contributed by atoms with Gasteiger partial charge in [0.15, 0.2) is 0 Å². The van der Waals surface area contributed by atoms with Crippen LogP contribution in [0.25, 0.3) is 0 Å². The predicted molar refractivity (Wildman–Crippen MR) is 69.2 cm³/mol. The zero-order chi connectivity index (χ0) is 12.3. The molecule has 2 nitrogen and oxygen atoms in total. The van der Waals surface area contributed by atoms with Gasteiger partial charge in [-0.2, -0.15) is 0 Å². The van der Waals surface area contributed by atoms with Crippen LogP contribution in [0.5, 0.6) is 0 Å². The largest absolute Gasteiger partial charge is 0.396 e. The standard InChI is InChI=1S/C15H22O2/c1-3-12-5-7-14(8-6-12)15(10-17-11-15)13(4-2)9-16/h5-8,13,16H,3-4,9-11H2,1-2H3. The Morgan fingerprint density at radius 2 is 1.88 bits per heavy atom. The van der Waals surface area contributed by atoms with Gasteiger partial charge in [-0.3, -0.25) is 0 Å². The Hall–Kier alpha value is -0.860. The third-order valence-corrected chi connectivity index (χ3v) is 4.15. The Bertz CT molecular complexity index is 348. The summed E-state index contributed by atoms with van der Waals surface area (Å²) in [5.41, 5.74) is 2.73. The molecule has 17 heavy (non-hydrogen) atoms. The van der Waals surface area contributed by atoms with E-state index in [9.17, 15) is 5.11 Å². The summed E-state index contributed by atoms with van der Waals surface area (Å²) in [5.74, 6) is 0.309. The summed E-state index contributed by atoms with van der Waals surface area (Å²) in [6.07, 6.45) is 2.07. The highest BCUT2D eigenvalue weighted by Gasteiger charge is 2.45. The summed E-state index contributed by atoms with van der Waals surface area (Å²) in [5, 5.41) is 9.53. The number of benzene rings is 1. The van der Waals surface area contributed by atoms with E-state index in [0.717, 1.165) is 26.1 Å². The maximum atomic E-state index is 9.53. The zero-order valence-electron chi connectivity index (χ0n) is 10.8. The fraction of sp³-hybridized carbons (Fsp3) is 0.600. The molecule has 0 aromatic heterocycles. The number of aliphatic hydroxyl groups excluding tert-OH is 1. The SMILES string of the molecule is CCc1ccc(C2(C(CC)CO)COC2)cc1. The molecule has 0 spiro atoms. The fourth-order valence-corrected chi connectivity index (χ4v) is 2.73. The molecule has 1 unspecified atom stereocenters. The summed E-state index contributed by atoms with van der Waals surface area (Å²) in [6, 6.07) is 8.80. The molecular formula is C15H22O2. The van der Waals surface area contributed by atoms with E-state index in [0.29, 0.717) is 5.92 Å². The second-order valence-electron chi connectivity index (χ2n) is 4.99. The van der Waals surface area contributed by atoms with Crippen LogP contribution in [-0.4, -0.2) is 24.9 Å². The smallest absolute Gasteiger partial charge is 0.0589 e. The van der Waals surface area contributed by atoms with Crippen LogP contribution < -0.4 is 0 Å². The third kappa shape index (κ3) is 2.12. The average Bonchev–Trinajstić information content (AvgIpc) is 2.34. The van der Waals surface area contributed by atoms with Crippen LogP contribution in [-0.2, 0) is 16.6 Å². The molecule has 94 valence electrons. The van der Waals surface area contributed by atoms with Crippen molar-refractivity contribution in [2.24, 2.45) is 5.92 Å². The predicted octanol–water partition coefficient (Wildman–Crippen LogP) is 2.54. The molecule has 2 rings (SSSR count). The minimum Gasteiger partial charge on any atom is -0.396 e. The van der Waals surface area contributed by atoms with Gasteiger partial charge in [0, 0.05) is 12.0 Å². The minimum absolute atomic E-state index is 0.0514.